The van der Waals surface area contributed by atoms with E-state index in [1.54, 1.807) is 0 Å². The first-order valence-corrected chi connectivity index (χ1v) is 8.19. The van der Waals surface area contributed by atoms with Crippen molar-refractivity contribution in [2.45, 2.75) is 32.2 Å². The van der Waals surface area contributed by atoms with Gasteiger partial charge in [0, 0.05) is 16.1 Å². The van der Waals surface area contributed by atoms with Gasteiger partial charge in [0.2, 0.25) is 0 Å². The minimum absolute atomic E-state index is 0.117. The second-order valence-corrected chi connectivity index (χ2v) is 6.87. The summed E-state index contributed by atoms with van der Waals surface area (Å²) >= 11 is 9.30. The molecule has 0 bridgehead atoms. The Hall–Kier alpha value is -0.120. The Labute approximate surface area is 127 Å². The predicted molar refractivity (Wildman–Crippen MR) is 79.8 cm³/mol. The maximum atomic E-state index is 14.4. The molecule has 3 unspecified atom stereocenters. The summed E-state index contributed by atoms with van der Waals surface area (Å²) in [5.74, 6) is 1.92. The zero-order valence-corrected chi connectivity index (χ0v) is 13.3. The molecule has 1 nitrogen and oxygen atoms in total. The van der Waals surface area contributed by atoms with Gasteiger partial charge in [-0.1, -0.05) is 31.0 Å². The standard InChI is InChI=1S/C15H18BrClFN/c1-2-19-15(12-8-4-3-5-9(8)12)10-6-7-11(16)13(17)14(10)18/h6-9,12,15,19H,2-5H2,1H3. The number of benzene rings is 1. The van der Waals surface area contributed by atoms with Crippen molar-refractivity contribution in [3.8, 4) is 0 Å². The first kappa shape index (κ1) is 13.8. The molecule has 2 aliphatic carbocycles. The minimum Gasteiger partial charge on any atom is -0.310 e. The van der Waals surface area contributed by atoms with E-state index in [-0.39, 0.29) is 16.9 Å². The molecule has 3 atom stereocenters. The summed E-state index contributed by atoms with van der Waals surface area (Å²) in [5, 5.41) is 3.66. The number of rotatable bonds is 4. The van der Waals surface area contributed by atoms with Gasteiger partial charge < -0.3 is 5.32 Å². The summed E-state index contributed by atoms with van der Waals surface area (Å²) in [5.41, 5.74) is 0.731. The van der Waals surface area contributed by atoms with Crippen molar-refractivity contribution in [2.75, 3.05) is 6.54 Å². The van der Waals surface area contributed by atoms with Crippen LogP contribution in [-0.2, 0) is 0 Å². The van der Waals surface area contributed by atoms with Crippen LogP contribution in [0.1, 0.15) is 37.8 Å². The molecule has 0 saturated heterocycles. The van der Waals surface area contributed by atoms with Crippen molar-refractivity contribution in [1.82, 2.24) is 5.32 Å². The van der Waals surface area contributed by atoms with Crippen LogP contribution in [0.4, 0.5) is 4.39 Å². The Bertz CT molecular complexity index is 483. The highest BCUT2D eigenvalue weighted by atomic mass is 79.9. The minimum atomic E-state index is -0.271. The molecule has 104 valence electrons. The molecule has 3 rings (SSSR count). The van der Waals surface area contributed by atoms with E-state index in [1.807, 2.05) is 12.1 Å². The second kappa shape index (κ2) is 5.34. The highest BCUT2D eigenvalue weighted by molar-refractivity contribution is 9.10. The van der Waals surface area contributed by atoms with Crippen molar-refractivity contribution in [2.24, 2.45) is 17.8 Å². The number of halogens is 3. The topological polar surface area (TPSA) is 12.0 Å². The zero-order valence-electron chi connectivity index (χ0n) is 10.9. The van der Waals surface area contributed by atoms with Crippen molar-refractivity contribution >= 4 is 27.5 Å². The summed E-state index contributed by atoms with van der Waals surface area (Å²) in [7, 11) is 0. The monoisotopic (exact) mass is 345 g/mol. The molecule has 0 amide bonds. The smallest absolute Gasteiger partial charge is 0.147 e. The molecule has 0 aromatic heterocycles. The fourth-order valence-electron chi connectivity index (χ4n) is 3.83. The third-order valence-corrected chi connectivity index (χ3v) is 5.94. The molecule has 2 fully saturated rings. The molecular formula is C15H18BrClFN. The number of hydrogen-bond acceptors (Lipinski definition) is 1. The fraction of sp³-hybridized carbons (Fsp3) is 0.600. The van der Waals surface area contributed by atoms with Gasteiger partial charge in [-0.05, 0) is 59.1 Å². The lowest BCUT2D eigenvalue weighted by Crippen LogP contribution is -2.25. The lowest BCUT2D eigenvalue weighted by Gasteiger charge is -2.21. The third-order valence-electron chi connectivity index (χ3n) is 4.68. The average molecular weight is 347 g/mol. The van der Waals surface area contributed by atoms with Crippen LogP contribution in [0.5, 0.6) is 0 Å². The molecule has 4 heteroatoms. The summed E-state index contributed by atoms with van der Waals surface area (Å²) in [6.07, 6.45) is 3.96. The van der Waals surface area contributed by atoms with Crippen LogP contribution in [0, 0.1) is 23.6 Å². The number of nitrogens with one attached hydrogen (secondary N) is 1. The van der Waals surface area contributed by atoms with Crippen LogP contribution in [0.3, 0.4) is 0 Å². The summed E-state index contributed by atoms with van der Waals surface area (Å²) in [6, 6.07) is 3.83. The van der Waals surface area contributed by atoms with Gasteiger partial charge in [-0.3, -0.25) is 0 Å². The maximum absolute atomic E-state index is 14.4. The van der Waals surface area contributed by atoms with Crippen molar-refractivity contribution in [3.63, 3.8) is 0 Å². The van der Waals surface area contributed by atoms with Crippen LogP contribution in [0.25, 0.3) is 0 Å². The molecule has 0 radical (unpaired) electrons. The second-order valence-electron chi connectivity index (χ2n) is 5.64. The van der Waals surface area contributed by atoms with E-state index in [0.29, 0.717) is 10.4 Å². The zero-order chi connectivity index (χ0) is 13.6. The summed E-state index contributed by atoms with van der Waals surface area (Å²) < 4.78 is 15.0. The van der Waals surface area contributed by atoms with Crippen molar-refractivity contribution < 1.29 is 4.39 Å². The predicted octanol–water partition coefficient (Wildman–Crippen LogP) is 4.94. The van der Waals surface area contributed by atoms with E-state index in [1.165, 1.54) is 19.3 Å². The van der Waals surface area contributed by atoms with E-state index in [4.69, 9.17) is 11.6 Å². The van der Waals surface area contributed by atoms with Crippen LogP contribution < -0.4 is 5.32 Å². The number of fused-ring (bicyclic) bond motifs is 1. The van der Waals surface area contributed by atoms with Gasteiger partial charge in [0.1, 0.15) is 5.82 Å². The Morgan fingerprint density at radius 3 is 2.74 bits per heavy atom. The highest BCUT2D eigenvalue weighted by Gasteiger charge is 2.56. The molecule has 2 saturated carbocycles. The first-order valence-electron chi connectivity index (χ1n) is 7.02. The Morgan fingerprint density at radius 1 is 1.42 bits per heavy atom. The summed E-state index contributed by atoms with van der Waals surface area (Å²) in [6.45, 7) is 2.93. The first-order chi connectivity index (χ1) is 9.15. The molecule has 0 aliphatic heterocycles. The fourth-order valence-corrected chi connectivity index (χ4v) is 4.30. The lowest BCUT2D eigenvalue weighted by atomic mass is 9.96. The molecule has 1 aromatic rings. The van der Waals surface area contributed by atoms with Crippen LogP contribution >= 0.6 is 27.5 Å². The van der Waals surface area contributed by atoms with Gasteiger partial charge in [0.15, 0.2) is 0 Å². The quantitative estimate of drug-likeness (QED) is 0.762. The van der Waals surface area contributed by atoms with Gasteiger partial charge in [-0.2, -0.15) is 0 Å². The molecule has 1 aromatic carbocycles. The van der Waals surface area contributed by atoms with Gasteiger partial charge in [0.25, 0.3) is 0 Å². The van der Waals surface area contributed by atoms with Crippen molar-refractivity contribution in [1.29, 1.82) is 0 Å². The highest BCUT2D eigenvalue weighted by Crippen LogP contribution is 2.62. The van der Waals surface area contributed by atoms with Crippen LogP contribution in [0.15, 0.2) is 16.6 Å². The molecule has 1 N–H and O–H groups in total. The lowest BCUT2D eigenvalue weighted by molar-refractivity contribution is 0.411. The van der Waals surface area contributed by atoms with Gasteiger partial charge in [-0.15, -0.1) is 0 Å². The van der Waals surface area contributed by atoms with Gasteiger partial charge in [-0.25, -0.2) is 4.39 Å². The van der Waals surface area contributed by atoms with Gasteiger partial charge in [0.05, 0.1) is 5.02 Å². The van der Waals surface area contributed by atoms with Crippen LogP contribution in [-0.4, -0.2) is 6.54 Å². The molecular weight excluding hydrogens is 329 g/mol. The van der Waals surface area contributed by atoms with Crippen molar-refractivity contribution in [3.05, 3.63) is 33.0 Å². The Balaban J connectivity index is 1.90. The largest absolute Gasteiger partial charge is 0.310 e. The normalized spacial score (nSPS) is 30.2. The molecule has 19 heavy (non-hydrogen) atoms. The Kier molecular flexibility index (Phi) is 3.89. The summed E-state index contributed by atoms with van der Waals surface area (Å²) in [4.78, 5) is 0. The van der Waals surface area contributed by atoms with E-state index >= 15 is 0 Å². The average Bonchev–Trinajstić information content (AvgIpc) is 2.85. The van der Waals surface area contributed by atoms with E-state index < -0.39 is 0 Å². The Morgan fingerprint density at radius 2 is 2.11 bits per heavy atom. The third kappa shape index (κ3) is 2.34. The SMILES string of the molecule is CCNC(c1ccc(Br)c(Cl)c1F)C1C2CCCC21. The van der Waals surface area contributed by atoms with E-state index in [2.05, 4.69) is 28.2 Å². The van der Waals surface area contributed by atoms with E-state index in [0.717, 1.165) is 23.9 Å². The van der Waals surface area contributed by atoms with E-state index in [9.17, 15) is 4.39 Å². The van der Waals surface area contributed by atoms with Crippen LogP contribution in [0.2, 0.25) is 5.02 Å². The van der Waals surface area contributed by atoms with Gasteiger partial charge >= 0.3 is 0 Å². The maximum Gasteiger partial charge on any atom is 0.147 e. The molecule has 2 aliphatic rings. The number of hydrogen-bond donors (Lipinski definition) is 1. The molecule has 0 spiro atoms. The molecule has 0 heterocycles.